The van der Waals surface area contributed by atoms with Crippen molar-refractivity contribution in [1.82, 2.24) is 25.0 Å². The number of aromatic nitrogens is 5. The number of nitrogens with one attached hydrogen (secondary N) is 1. The lowest BCUT2D eigenvalue weighted by atomic mass is 10.1. The molecule has 5 rings (SSSR count). The number of thioether (sulfide) groups is 1. The number of anilines is 1. The van der Waals surface area contributed by atoms with Crippen LogP contribution in [0.1, 0.15) is 35.7 Å². The molecule has 9 heteroatoms. The summed E-state index contributed by atoms with van der Waals surface area (Å²) in [6.45, 7) is 6.35. The zero-order valence-corrected chi connectivity index (χ0v) is 20.2. The molecule has 0 bridgehead atoms. The summed E-state index contributed by atoms with van der Waals surface area (Å²) in [7, 11) is 0. The number of rotatable bonds is 9. The summed E-state index contributed by atoms with van der Waals surface area (Å²) < 4.78 is 13.9. The fourth-order valence-corrected chi connectivity index (χ4v) is 4.86. The molecule has 0 spiro atoms. The molecule has 1 fully saturated rings. The van der Waals surface area contributed by atoms with Crippen molar-refractivity contribution in [2.45, 2.75) is 56.8 Å². The van der Waals surface area contributed by atoms with Crippen LogP contribution < -0.4 is 5.32 Å². The summed E-state index contributed by atoms with van der Waals surface area (Å²) in [6.07, 6.45) is 2.33. The third kappa shape index (κ3) is 5.31. The van der Waals surface area contributed by atoms with Crippen molar-refractivity contribution in [3.63, 3.8) is 0 Å². The summed E-state index contributed by atoms with van der Waals surface area (Å²) in [5.74, 6) is 2.49. The predicted octanol–water partition coefficient (Wildman–Crippen LogP) is 5.03. The third-order valence-corrected chi connectivity index (χ3v) is 6.79. The molecule has 0 radical (unpaired) electrons. The van der Waals surface area contributed by atoms with E-state index in [1.54, 1.807) is 11.8 Å². The molecule has 1 unspecified atom stereocenters. The molecule has 0 aliphatic carbocycles. The first kappa shape index (κ1) is 22.6. The van der Waals surface area contributed by atoms with E-state index >= 15 is 0 Å². The SMILES string of the molecule is Cc1ccc(NCc2nnc(SCc3nnc(-c4ccccc4)o3)n2CC2CCCO2)c(C)c1. The smallest absolute Gasteiger partial charge is 0.247 e. The predicted molar refractivity (Wildman–Crippen MR) is 132 cm³/mol. The molecular formula is C25H28N6O2S. The van der Waals surface area contributed by atoms with E-state index in [0.717, 1.165) is 48.2 Å². The van der Waals surface area contributed by atoms with E-state index in [9.17, 15) is 0 Å². The van der Waals surface area contributed by atoms with Crippen LogP contribution in [0.25, 0.3) is 11.5 Å². The first-order valence-electron chi connectivity index (χ1n) is 11.5. The number of aryl methyl sites for hydroxylation is 2. The van der Waals surface area contributed by atoms with Crippen molar-refractivity contribution in [3.8, 4) is 11.5 Å². The Morgan fingerprint density at radius 1 is 1.06 bits per heavy atom. The average molecular weight is 477 g/mol. The average Bonchev–Trinajstić information content (AvgIpc) is 3.60. The quantitative estimate of drug-likeness (QED) is 0.337. The molecular weight excluding hydrogens is 448 g/mol. The molecule has 176 valence electrons. The molecule has 2 aromatic heterocycles. The van der Waals surface area contributed by atoms with E-state index in [1.165, 1.54) is 11.1 Å². The number of hydrogen-bond acceptors (Lipinski definition) is 8. The van der Waals surface area contributed by atoms with Gasteiger partial charge in [0.15, 0.2) is 11.0 Å². The highest BCUT2D eigenvalue weighted by atomic mass is 32.2. The van der Waals surface area contributed by atoms with Gasteiger partial charge in [0.25, 0.3) is 0 Å². The van der Waals surface area contributed by atoms with Gasteiger partial charge in [0.1, 0.15) is 0 Å². The summed E-state index contributed by atoms with van der Waals surface area (Å²) in [5.41, 5.74) is 4.48. The van der Waals surface area contributed by atoms with Gasteiger partial charge in [-0.25, -0.2) is 0 Å². The van der Waals surface area contributed by atoms with Crippen LogP contribution in [0, 0.1) is 13.8 Å². The third-order valence-electron chi connectivity index (χ3n) is 5.83. The van der Waals surface area contributed by atoms with Gasteiger partial charge in [-0.3, -0.25) is 0 Å². The van der Waals surface area contributed by atoms with Crippen LogP contribution in [-0.4, -0.2) is 37.7 Å². The standard InChI is InChI=1S/C25H28N6O2S/c1-17-10-11-21(18(2)13-17)26-14-22-27-30-25(31(22)15-20-9-6-12-32-20)34-16-23-28-29-24(33-23)19-7-4-3-5-8-19/h3-5,7-8,10-11,13,20,26H,6,9,12,14-16H2,1-2H3. The highest BCUT2D eigenvalue weighted by Gasteiger charge is 2.22. The van der Waals surface area contributed by atoms with Crippen LogP contribution in [0.5, 0.6) is 0 Å². The van der Waals surface area contributed by atoms with Crippen LogP contribution in [0.2, 0.25) is 0 Å². The minimum absolute atomic E-state index is 0.184. The number of ether oxygens (including phenoxy) is 1. The zero-order valence-electron chi connectivity index (χ0n) is 19.4. The monoisotopic (exact) mass is 476 g/mol. The van der Waals surface area contributed by atoms with Crippen molar-refractivity contribution in [1.29, 1.82) is 0 Å². The van der Waals surface area contributed by atoms with Crippen LogP contribution in [-0.2, 0) is 23.6 Å². The Morgan fingerprint density at radius 3 is 2.74 bits per heavy atom. The first-order valence-corrected chi connectivity index (χ1v) is 12.5. The Balaban J connectivity index is 1.30. The Hall–Kier alpha value is -3.17. The van der Waals surface area contributed by atoms with Gasteiger partial charge in [0, 0.05) is 17.9 Å². The molecule has 1 atom stereocenters. The Morgan fingerprint density at radius 2 is 1.94 bits per heavy atom. The number of nitrogens with zero attached hydrogens (tertiary/aromatic N) is 5. The summed E-state index contributed by atoms with van der Waals surface area (Å²) in [5, 5.41) is 21.7. The van der Waals surface area contributed by atoms with Gasteiger partial charge in [0.2, 0.25) is 11.8 Å². The van der Waals surface area contributed by atoms with Crippen LogP contribution in [0.15, 0.2) is 58.1 Å². The van der Waals surface area contributed by atoms with E-state index in [4.69, 9.17) is 9.15 Å². The Kier molecular flexibility index (Phi) is 6.92. The first-order chi connectivity index (χ1) is 16.7. The number of hydrogen-bond donors (Lipinski definition) is 1. The van der Waals surface area contributed by atoms with E-state index < -0.39 is 0 Å². The summed E-state index contributed by atoms with van der Waals surface area (Å²) in [6, 6.07) is 16.2. The Labute approximate surface area is 203 Å². The fourth-order valence-electron chi connectivity index (χ4n) is 4.05. The van der Waals surface area contributed by atoms with Crippen molar-refractivity contribution in [3.05, 3.63) is 71.4 Å². The lowest BCUT2D eigenvalue weighted by molar-refractivity contribution is 0.0942. The molecule has 1 saturated heterocycles. The van der Waals surface area contributed by atoms with E-state index in [1.807, 2.05) is 30.3 Å². The molecule has 3 heterocycles. The van der Waals surface area contributed by atoms with Crippen molar-refractivity contribution in [2.24, 2.45) is 0 Å². The molecule has 1 N–H and O–H groups in total. The minimum Gasteiger partial charge on any atom is -0.420 e. The topological polar surface area (TPSA) is 90.9 Å². The molecule has 0 saturated carbocycles. The normalized spacial score (nSPS) is 15.6. The minimum atomic E-state index is 0.184. The van der Waals surface area contributed by atoms with Crippen molar-refractivity contribution in [2.75, 3.05) is 11.9 Å². The van der Waals surface area contributed by atoms with Crippen molar-refractivity contribution < 1.29 is 9.15 Å². The van der Waals surface area contributed by atoms with E-state index in [0.29, 0.717) is 24.1 Å². The maximum Gasteiger partial charge on any atom is 0.247 e. The lowest BCUT2D eigenvalue weighted by Crippen LogP contribution is -2.19. The molecule has 8 nitrogen and oxygen atoms in total. The Bertz CT molecular complexity index is 1230. The molecule has 34 heavy (non-hydrogen) atoms. The fraction of sp³-hybridized carbons (Fsp3) is 0.360. The van der Waals surface area contributed by atoms with Gasteiger partial charge in [-0.05, 0) is 50.5 Å². The summed E-state index contributed by atoms with van der Waals surface area (Å²) >= 11 is 1.55. The molecule has 1 aliphatic rings. The van der Waals surface area contributed by atoms with Crippen LogP contribution >= 0.6 is 11.8 Å². The lowest BCUT2D eigenvalue weighted by Gasteiger charge is -2.15. The highest BCUT2D eigenvalue weighted by molar-refractivity contribution is 7.98. The molecule has 2 aromatic carbocycles. The van der Waals surface area contributed by atoms with Crippen LogP contribution in [0.3, 0.4) is 0 Å². The van der Waals surface area contributed by atoms with Gasteiger partial charge in [-0.2, -0.15) is 0 Å². The largest absolute Gasteiger partial charge is 0.420 e. The van der Waals surface area contributed by atoms with Gasteiger partial charge in [-0.1, -0.05) is 47.7 Å². The van der Waals surface area contributed by atoms with Gasteiger partial charge in [0.05, 0.1) is 24.9 Å². The second-order valence-corrected chi connectivity index (χ2v) is 9.41. The number of benzene rings is 2. The second-order valence-electron chi connectivity index (χ2n) is 8.47. The van der Waals surface area contributed by atoms with Gasteiger partial charge >= 0.3 is 0 Å². The van der Waals surface area contributed by atoms with Crippen LogP contribution in [0.4, 0.5) is 5.69 Å². The second kappa shape index (κ2) is 10.4. The molecule has 4 aromatic rings. The van der Waals surface area contributed by atoms with E-state index in [-0.39, 0.29) is 6.10 Å². The highest BCUT2D eigenvalue weighted by Crippen LogP contribution is 2.26. The zero-order chi connectivity index (χ0) is 23.3. The maximum atomic E-state index is 5.90. The molecule has 1 aliphatic heterocycles. The van der Waals surface area contributed by atoms with E-state index in [2.05, 4.69) is 62.3 Å². The summed E-state index contributed by atoms with van der Waals surface area (Å²) in [4.78, 5) is 0. The van der Waals surface area contributed by atoms with Gasteiger partial charge < -0.3 is 19.0 Å². The van der Waals surface area contributed by atoms with Gasteiger partial charge in [-0.15, -0.1) is 20.4 Å². The maximum absolute atomic E-state index is 5.90. The molecule has 0 amide bonds. The van der Waals surface area contributed by atoms with Crippen molar-refractivity contribution >= 4 is 17.4 Å².